The minimum absolute atomic E-state index is 0.0666. The molecule has 4 heteroatoms. The number of hydrogen-bond donors (Lipinski definition) is 1. The first kappa shape index (κ1) is 12.1. The summed E-state index contributed by atoms with van der Waals surface area (Å²) >= 11 is 0. The predicted molar refractivity (Wildman–Crippen MR) is 49.4 cm³/mol. The molecule has 0 aromatic rings. The minimum Gasteiger partial charge on any atom is -0.459 e. The normalized spacial score (nSPS) is 13.5. The van der Waals surface area contributed by atoms with E-state index in [4.69, 9.17) is 4.74 Å². The molecule has 4 nitrogen and oxygen atoms in total. The van der Waals surface area contributed by atoms with E-state index in [-0.39, 0.29) is 18.6 Å². The number of hydrogen-bond acceptors (Lipinski definition) is 4. The van der Waals surface area contributed by atoms with Crippen molar-refractivity contribution in [2.45, 2.75) is 39.3 Å². The second-order valence-electron chi connectivity index (χ2n) is 3.89. The van der Waals surface area contributed by atoms with Crippen molar-refractivity contribution in [1.82, 2.24) is 5.32 Å². The van der Waals surface area contributed by atoms with E-state index in [1.165, 1.54) is 0 Å². The smallest absolute Gasteiger partial charge is 0.320 e. The summed E-state index contributed by atoms with van der Waals surface area (Å²) in [6.45, 7) is 7.14. The summed E-state index contributed by atoms with van der Waals surface area (Å²) in [5, 5.41) is 2.71. The SMILES string of the molecule is C[C@@H](C=O)NCC(=O)OC(C)(C)C. The maximum Gasteiger partial charge on any atom is 0.320 e. The topological polar surface area (TPSA) is 55.4 Å². The molecular formula is C9H17NO3. The molecule has 0 amide bonds. The first-order valence-electron chi connectivity index (χ1n) is 4.25. The summed E-state index contributed by atoms with van der Waals surface area (Å²) in [4.78, 5) is 21.3. The summed E-state index contributed by atoms with van der Waals surface area (Å²) < 4.78 is 5.02. The van der Waals surface area contributed by atoms with E-state index in [0.29, 0.717) is 0 Å². The molecule has 1 atom stereocenters. The van der Waals surface area contributed by atoms with Crippen LogP contribution in [-0.2, 0) is 14.3 Å². The van der Waals surface area contributed by atoms with Gasteiger partial charge in [-0.2, -0.15) is 0 Å². The molecule has 0 saturated heterocycles. The van der Waals surface area contributed by atoms with Crippen LogP contribution in [0.5, 0.6) is 0 Å². The van der Waals surface area contributed by atoms with E-state index in [9.17, 15) is 9.59 Å². The summed E-state index contributed by atoms with van der Waals surface area (Å²) in [7, 11) is 0. The highest BCUT2D eigenvalue weighted by Gasteiger charge is 2.16. The molecule has 0 aliphatic heterocycles. The molecule has 0 aliphatic carbocycles. The average molecular weight is 187 g/mol. The van der Waals surface area contributed by atoms with Crippen LogP contribution >= 0.6 is 0 Å². The number of nitrogens with one attached hydrogen (secondary N) is 1. The fourth-order valence-corrected chi connectivity index (χ4v) is 0.670. The van der Waals surface area contributed by atoms with Gasteiger partial charge in [-0.25, -0.2) is 0 Å². The van der Waals surface area contributed by atoms with E-state index in [1.54, 1.807) is 27.7 Å². The Labute approximate surface area is 78.6 Å². The van der Waals surface area contributed by atoms with Gasteiger partial charge in [-0.15, -0.1) is 0 Å². The molecule has 0 bridgehead atoms. The lowest BCUT2D eigenvalue weighted by molar-refractivity contribution is -0.153. The Balaban J connectivity index is 3.70. The van der Waals surface area contributed by atoms with Crippen LogP contribution in [0.3, 0.4) is 0 Å². The lowest BCUT2D eigenvalue weighted by atomic mass is 10.2. The molecule has 0 fully saturated rings. The third kappa shape index (κ3) is 7.46. The number of rotatable bonds is 4. The van der Waals surface area contributed by atoms with Gasteiger partial charge in [-0.3, -0.25) is 10.1 Å². The van der Waals surface area contributed by atoms with E-state index < -0.39 is 5.60 Å². The van der Waals surface area contributed by atoms with Crippen molar-refractivity contribution in [2.24, 2.45) is 0 Å². The lowest BCUT2D eigenvalue weighted by Crippen LogP contribution is -2.36. The zero-order valence-electron chi connectivity index (χ0n) is 8.59. The molecule has 76 valence electrons. The Morgan fingerprint density at radius 2 is 2.08 bits per heavy atom. The number of esters is 1. The van der Waals surface area contributed by atoms with E-state index in [0.717, 1.165) is 6.29 Å². The van der Waals surface area contributed by atoms with Crippen LogP contribution in [0.1, 0.15) is 27.7 Å². The quantitative estimate of drug-likeness (QED) is 0.514. The molecule has 1 N–H and O–H groups in total. The zero-order chi connectivity index (χ0) is 10.5. The van der Waals surface area contributed by atoms with Crippen LogP contribution in [0.15, 0.2) is 0 Å². The first-order valence-corrected chi connectivity index (χ1v) is 4.25. The summed E-state index contributed by atoms with van der Waals surface area (Å²) in [6, 6.07) is -0.312. The first-order chi connectivity index (χ1) is 5.85. The molecule has 0 aromatic carbocycles. The van der Waals surface area contributed by atoms with E-state index in [1.807, 2.05) is 0 Å². The van der Waals surface area contributed by atoms with Crippen LogP contribution < -0.4 is 5.32 Å². The predicted octanol–water partition coefficient (Wildman–Crippen LogP) is 0.505. The number of carbonyl (C=O) groups is 2. The van der Waals surface area contributed by atoms with Gasteiger partial charge in [0, 0.05) is 0 Å². The Morgan fingerprint density at radius 3 is 2.46 bits per heavy atom. The summed E-state index contributed by atoms with van der Waals surface area (Å²) in [6.07, 6.45) is 0.740. The average Bonchev–Trinajstić information content (AvgIpc) is 1.97. The van der Waals surface area contributed by atoms with Gasteiger partial charge in [0.1, 0.15) is 11.9 Å². The van der Waals surface area contributed by atoms with Gasteiger partial charge >= 0.3 is 5.97 Å². The highest BCUT2D eigenvalue weighted by atomic mass is 16.6. The van der Waals surface area contributed by atoms with Crippen molar-refractivity contribution < 1.29 is 14.3 Å². The number of carbonyl (C=O) groups excluding carboxylic acids is 2. The largest absolute Gasteiger partial charge is 0.459 e. The lowest BCUT2D eigenvalue weighted by Gasteiger charge is -2.19. The van der Waals surface area contributed by atoms with Crippen molar-refractivity contribution in [3.63, 3.8) is 0 Å². The van der Waals surface area contributed by atoms with Crippen LogP contribution in [0.4, 0.5) is 0 Å². The summed E-state index contributed by atoms with van der Waals surface area (Å²) in [5.74, 6) is -0.346. The number of aldehydes is 1. The van der Waals surface area contributed by atoms with Crippen LogP contribution in [0, 0.1) is 0 Å². The molecule has 0 heterocycles. The highest BCUT2D eigenvalue weighted by Crippen LogP contribution is 2.06. The highest BCUT2D eigenvalue weighted by molar-refractivity contribution is 5.72. The molecule has 0 radical (unpaired) electrons. The monoisotopic (exact) mass is 187 g/mol. The van der Waals surface area contributed by atoms with Crippen molar-refractivity contribution in [3.05, 3.63) is 0 Å². The van der Waals surface area contributed by atoms with Crippen LogP contribution in [-0.4, -0.2) is 30.4 Å². The van der Waals surface area contributed by atoms with Crippen LogP contribution in [0.2, 0.25) is 0 Å². The van der Waals surface area contributed by atoms with Gasteiger partial charge in [0.25, 0.3) is 0 Å². The van der Waals surface area contributed by atoms with Crippen molar-refractivity contribution in [2.75, 3.05) is 6.54 Å². The second kappa shape index (κ2) is 4.97. The third-order valence-corrected chi connectivity index (χ3v) is 1.19. The molecule has 0 unspecified atom stereocenters. The Bertz CT molecular complexity index is 184. The van der Waals surface area contributed by atoms with Crippen LogP contribution in [0.25, 0.3) is 0 Å². The fraction of sp³-hybridized carbons (Fsp3) is 0.778. The molecule has 13 heavy (non-hydrogen) atoms. The van der Waals surface area contributed by atoms with E-state index >= 15 is 0 Å². The third-order valence-electron chi connectivity index (χ3n) is 1.19. The van der Waals surface area contributed by atoms with Gasteiger partial charge in [-0.1, -0.05) is 0 Å². The van der Waals surface area contributed by atoms with Gasteiger partial charge in [0.05, 0.1) is 12.6 Å². The summed E-state index contributed by atoms with van der Waals surface area (Å²) in [5.41, 5.74) is -0.469. The van der Waals surface area contributed by atoms with E-state index in [2.05, 4.69) is 5.32 Å². The molecule has 0 saturated carbocycles. The molecule has 0 aromatic heterocycles. The minimum atomic E-state index is -0.469. The Kier molecular flexibility index (Phi) is 4.62. The van der Waals surface area contributed by atoms with Crippen molar-refractivity contribution in [1.29, 1.82) is 0 Å². The Hall–Kier alpha value is -0.900. The Morgan fingerprint density at radius 1 is 1.54 bits per heavy atom. The van der Waals surface area contributed by atoms with Gasteiger partial charge in [0.2, 0.25) is 0 Å². The van der Waals surface area contributed by atoms with Crippen molar-refractivity contribution >= 4 is 12.3 Å². The van der Waals surface area contributed by atoms with Gasteiger partial charge < -0.3 is 9.53 Å². The molecule has 0 rings (SSSR count). The maximum absolute atomic E-state index is 11.1. The second-order valence-corrected chi connectivity index (χ2v) is 3.89. The van der Waals surface area contributed by atoms with Crippen molar-refractivity contribution in [3.8, 4) is 0 Å². The molecular weight excluding hydrogens is 170 g/mol. The fourth-order valence-electron chi connectivity index (χ4n) is 0.670. The molecule has 0 aliphatic rings. The molecule has 0 spiro atoms. The standard InChI is InChI=1S/C9H17NO3/c1-7(6-11)10-5-8(12)13-9(2,3)4/h6-7,10H,5H2,1-4H3/t7-/m0/s1. The number of ether oxygens (including phenoxy) is 1. The van der Waals surface area contributed by atoms with Gasteiger partial charge in [0.15, 0.2) is 0 Å². The zero-order valence-corrected chi connectivity index (χ0v) is 8.59. The van der Waals surface area contributed by atoms with Gasteiger partial charge in [-0.05, 0) is 27.7 Å². The maximum atomic E-state index is 11.1.